The summed E-state index contributed by atoms with van der Waals surface area (Å²) in [6, 6.07) is 9.45. The van der Waals surface area contributed by atoms with E-state index in [-0.39, 0.29) is 5.91 Å². The standard InChI is InChI=1S/C19H15Cl2N5OS/c20-15-3-1-2-13(4-15)8-26-11-17(7-23-26)24-19(27)18-5-14(12-28-18)9-25-10-16(21)6-22-25/h1-7,10-12H,8-9H2,(H,24,27). The van der Waals surface area contributed by atoms with Crippen molar-refractivity contribution in [3.05, 3.63) is 86.5 Å². The lowest BCUT2D eigenvalue weighted by atomic mass is 10.2. The van der Waals surface area contributed by atoms with Crippen LogP contribution in [0.5, 0.6) is 0 Å². The molecule has 28 heavy (non-hydrogen) atoms. The first kappa shape index (κ1) is 18.7. The number of rotatable bonds is 6. The van der Waals surface area contributed by atoms with Crippen LogP contribution in [0.1, 0.15) is 20.8 Å². The number of thiophene rings is 1. The SMILES string of the molecule is O=C(Nc1cnn(Cc2cccc(Cl)c2)c1)c1cc(Cn2cc(Cl)cn2)cs1. The molecule has 4 rings (SSSR count). The van der Waals surface area contributed by atoms with Gasteiger partial charge in [0.25, 0.3) is 5.91 Å². The first-order valence-electron chi connectivity index (χ1n) is 8.39. The number of benzene rings is 1. The van der Waals surface area contributed by atoms with Crippen LogP contribution in [0, 0.1) is 0 Å². The fourth-order valence-corrected chi connectivity index (χ4v) is 3.89. The minimum Gasteiger partial charge on any atom is -0.319 e. The monoisotopic (exact) mass is 431 g/mol. The van der Waals surface area contributed by atoms with E-state index in [1.54, 1.807) is 34.2 Å². The van der Waals surface area contributed by atoms with Gasteiger partial charge in [0.1, 0.15) is 0 Å². The summed E-state index contributed by atoms with van der Waals surface area (Å²) >= 11 is 13.3. The first-order chi connectivity index (χ1) is 13.5. The summed E-state index contributed by atoms with van der Waals surface area (Å²) in [5.41, 5.74) is 2.67. The van der Waals surface area contributed by atoms with Crippen LogP contribution in [0.2, 0.25) is 10.0 Å². The summed E-state index contributed by atoms with van der Waals surface area (Å²) in [6.07, 6.45) is 6.75. The van der Waals surface area contributed by atoms with Crippen molar-refractivity contribution in [3.8, 4) is 0 Å². The van der Waals surface area contributed by atoms with Crippen LogP contribution in [0.4, 0.5) is 5.69 Å². The zero-order valence-electron chi connectivity index (χ0n) is 14.5. The zero-order chi connectivity index (χ0) is 19.5. The number of anilines is 1. The number of aromatic nitrogens is 4. The maximum atomic E-state index is 12.5. The molecule has 0 radical (unpaired) electrons. The van der Waals surface area contributed by atoms with Crippen LogP contribution in [-0.2, 0) is 13.1 Å². The third kappa shape index (κ3) is 4.62. The molecule has 0 aliphatic heterocycles. The van der Waals surface area contributed by atoms with E-state index in [1.165, 1.54) is 11.3 Å². The molecule has 0 fully saturated rings. The molecular weight excluding hydrogens is 417 g/mol. The minimum absolute atomic E-state index is 0.169. The first-order valence-corrected chi connectivity index (χ1v) is 10.0. The minimum atomic E-state index is -0.169. The molecule has 0 aliphatic carbocycles. The summed E-state index contributed by atoms with van der Waals surface area (Å²) in [5.74, 6) is -0.169. The van der Waals surface area contributed by atoms with Crippen molar-refractivity contribution in [2.75, 3.05) is 5.32 Å². The van der Waals surface area contributed by atoms with Crippen molar-refractivity contribution in [3.63, 3.8) is 0 Å². The summed E-state index contributed by atoms with van der Waals surface area (Å²) < 4.78 is 3.48. The maximum absolute atomic E-state index is 12.5. The number of hydrogen-bond acceptors (Lipinski definition) is 4. The molecule has 0 spiro atoms. The Kier molecular flexibility index (Phi) is 5.47. The van der Waals surface area contributed by atoms with E-state index < -0.39 is 0 Å². The van der Waals surface area contributed by atoms with E-state index in [2.05, 4.69) is 15.5 Å². The third-order valence-corrected chi connectivity index (χ3v) is 5.36. The Morgan fingerprint density at radius 2 is 1.79 bits per heavy atom. The van der Waals surface area contributed by atoms with Crippen LogP contribution >= 0.6 is 34.5 Å². The number of carbonyl (C=O) groups excluding carboxylic acids is 1. The van der Waals surface area contributed by atoms with Gasteiger partial charge in [-0.15, -0.1) is 11.3 Å². The van der Waals surface area contributed by atoms with Gasteiger partial charge in [-0.25, -0.2) is 0 Å². The predicted molar refractivity (Wildman–Crippen MR) is 111 cm³/mol. The molecule has 0 unspecified atom stereocenters. The summed E-state index contributed by atoms with van der Waals surface area (Å²) in [5, 5.41) is 14.5. The lowest BCUT2D eigenvalue weighted by Gasteiger charge is -2.02. The van der Waals surface area contributed by atoms with Gasteiger partial charge in [0.05, 0.1) is 41.1 Å². The Balaban J connectivity index is 1.38. The summed E-state index contributed by atoms with van der Waals surface area (Å²) in [6.45, 7) is 1.14. The van der Waals surface area contributed by atoms with Crippen molar-refractivity contribution in [1.82, 2.24) is 19.6 Å². The number of nitrogens with zero attached hydrogens (tertiary/aromatic N) is 4. The molecule has 1 amide bonds. The predicted octanol–water partition coefficient (Wildman–Crippen LogP) is 4.80. The average molecular weight is 432 g/mol. The second-order valence-corrected chi connectivity index (χ2v) is 7.97. The van der Waals surface area contributed by atoms with Crippen molar-refractivity contribution in [2.24, 2.45) is 0 Å². The van der Waals surface area contributed by atoms with Gasteiger partial charge in [-0.1, -0.05) is 35.3 Å². The summed E-state index contributed by atoms with van der Waals surface area (Å²) in [7, 11) is 0. The van der Waals surface area contributed by atoms with Crippen LogP contribution in [0.15, 0.2) is 60.5 Å². The van der Waals surface area contributed by atoms with E-state index in [1.807, 2.05) is 35.7 Å². The number of halogens is 2. The maximum Gasteiger partial charge on any atom is 0.265 e. The molecule has 1 N–H and O–H groups in total. The molecule has 4 aromatic rings. The number of amides is 1. The molecular formula is C19H15Cl2N5OS. The van der Waals surface area contributed by atoms with Crippen molar-refractivity contribution in [1.29, 1.82) is 0 Å². The smallest absolute Gasteiger partial charge is 0.265 e. The lowest BCUT2D eigenvalue weighted by Crippen LogP contribution is -2.09. The highest BCUT2D eigenvalue weighted by Crippen LogP contribution is 2.19. The highest BCUT2D eigenvalue weighted by atomic mass is 35.5. The normalized spacial score (nSPS) is 10.9. The van der Waals surface area contributed by atoms with Gasteiger partial charge in [0.15, 0.2) is 0 Å². The van der Waals surface area contributed by atoms with Crippen LogP contribution < -0.4 is 5.32 Å². The lowest BCUT2D eigenvalue weighted by molar-refractivity contribution is 0.103. The quantitative estimate of drug-likeness (QED) is 0.476. The van der Waals surface area contributed by atoms with Gasteiger partial charge in [-0.3, -0.25) is 14.2 Å². The van der Waals surface area contributed by atoms with E-state index in [4.69, 9.17) is 23.2 Å². The molecule has 0 atom stereocenters. The molecule has 0 saturated carbocycles. The second kappa shape index (κ2) is 8.18. The largest absolute Gasteiger partial charge is 0.319 e. The molecule has 0 saturated heterocycles. The number of carbonyl (C=O) groups is 1. The fraction of sp³-hybridized carbons (Fsp3) is 0.105. The van der Waals surface area contributed by atoms with E-state index in [0.717, 1.165) is 11.1 Å². The van der Waals surface area contributed by atoms with E-state index in [0.29, 0.717) is 33.7 Å². The number of hydrogen-bond donors (Lipinski definition) is 1. The average Bonchev–Trinajstić information content (AvgIpc) is 3.38. The third-order valence-electron chi connectivity index (χ3n) is 3.95. The molecule has 1 aromatic carbocycles. The van der Waals surface area contributed by atoms with E-state index >= 15 is 0 Å². The highest BCUT2D eigenvalue weighted by molar-refractivity contribution is 7.12. The Bertz CT molecular complexity index is 1120. The highest BCUT2D eigenvalue weighted by Gasteiger charge is 2.11. The van der Waals surface area contributed by atoms with Crippen molar-refractivity contribution < 1.29 is 4.79 Å². The fourth-order valence-electron chi connectivity index (χ4n) is 2.72. The Labute approximate surface area is 175 Å². The van der Waals surface area contributed by atoms with Gasteiger partial charge in [-0.2, -0.15) is 10.2 Å². The van der Waals surface area contributed by atoms with Crippen LogP contribution in [0.25, 0.3) is 0 Å². The van der Waals surface area contributed by atoms with Gasteiger partial charge in [0.2, 0.25) is 0 Å². The Morgan fingerprint density at radius 3 is 2.57 bits per heavy atom. The molecule has 3 heterocycles. The second-order valence-electron chi connectivity index (χ2n) is 6.19. The summed E-state index contributed by atoms with van der Waals surface area (Å²) in [4.78, 5) is 13.1. The van der Waals surface area contributed by atoms with Crippen LogP contribution in [0.3, 0.4) is 0 Å². The molecule has 3 aromatic heterocycles. The van der Waals surface area contributed by atoms with Gasteiger partial charge in [-0.05, 0) is 34.7 Å². The molecule has 6 nitrogen and oxygen atoms in total. The van der Waals surface area contributed by atoms with E-state index in [9.17, 15) is 4.79 Å². The topological polar surface area (TPSA) is 64.7 Å². The van der Waals surface area contributed by atoms with Crippen LogP contribution in [-0.4, -0.2) is 25.5 Å². The Morgan fingerprint density at radius 1 is 1.00 bits per heavy atom. The van der Waals surface area contributed by atoms with Gasteiger partial charge < -0.3 is 5.32 Å². The zero-order valence-corrected chi connectivity index (χ0v) is 16.9. The van der Waals surface area contributed by atoms with Crippen molar-refractivity contribution >= 4 is 46.1 Å². The molecule has 0 bridgehead atoms. The number of nitrogens with one attached hydrogen (secondary N) is 1. The molecule has 9 heteroatoms. The van der Waals surface area contributed by atoms with Gasteiger partial charge >= 0.3 is 0 Å². The van der Waals surface area contributed by atoms with Crippen molar-refractivity contribution in [2.45, 2.75) is 13.1 Å². The molecule has 0 aliphatic rings. The molecule has 142 valence electrons. The Hall–Kier alpha value is -2.61. The van der Waals surface area contributed by atoms with Gasteiger partial charge in [0, 0.05) is 17.4 Å².